The van der Waals surface area contributed by atoms with Gasteiger partial charge in [0.1, 0.15) is 0 Å². The summed E-state index contributed by atoms with van der Waals surface area (Å²) in [6.07, 6.45) is 1.67. The zero-order valence-electron chi connectivity index (χ0n) is 13.4. The van der Waals surface area contributed by atoms with Crippen LogP contribution in [0.5, 0.6) is 0 Å². The fourth-order valence-corrected chi connectivity index (χ4v) is 4.54. The van der Waals surface area contributed by atoms with E-state index in [0.29, 0.717) is 19.7 Å². The van der Waals surface area contributed by atoms with Crippen molar-refractivity contribution in [3.8, 4) is 0 Å². The number of nitrogens with zero attached hydrogens (tertiary/aromatic N) is 2. The molecule has 5 nitrogen and oxygen atoms in total. The Morgan fingerprint density at radius 1 is 1.32 bits per heavy atom. The number of piperidine rings is 1. The summed E-state index contributed by atoms with van der Waals surface area (Å²) < 4.78 is 31.7. The number of hydrogen-bond donors (Lipinski definition) is 0. The Kier molecular flexibility index (Phi) is 6.37. The Balaban J connectivity index is 1.97. The summed E-state index contributed by atoms with van der Waals surface area (Å²) in [5.41, 5.74) is 1.23. The molecular weight excluding hydrogens is 300 g/mol. The standard InChI is InChI=1S/C16H26N2O3S/c1-17(11-12-21-2)22(19,20)16-9-6-10-18(14-16)13-15-7-4-3-5-8-15/h3-5,7-8,16H,6,9-14H2,1-2H3. The van der Waals surface area contributed by atoms with Crippen molar-refractivity contribution in [1.82, 2.24) is 9.21 Å². The fourth-order valence-electron chi connectivity index (χ4n) is 2.84. The van der Waals surface area contributed by atoms with Gasteiger partial charge in [0.2, 0.25) is 10.0 Å². The molecule has 0 bridgehead atoms. The molecule has 0 N–H and O–H groups in total. The van der Waals surface area contributed by atoms with Crippen LogP contribution < -0.4 is 0 Å². The van der Waals surface area contributed by atoms with E-state index in [1.54, 1.807) is 14.2 Å². The molecule has 0 amide bonds. The molecule has 1 heterocycles. The van der Waals surface area contributed by atoms with Gasteiger partial charge in [0.25, 0.3) is 0 Å². The highest BCUT2D eigenvalue weighted by molar-refractivity contribution is 7.89. The van der Waals surface area contributed by atoms with Gasteiger partial charge in [-0.15, -0.1) is 0 Å². The number of hydrogen-bond acceptors (Lipinski definition) is 4. The summed E-state index contributed by atoms with van der Waals surface area (Å²) in [7, 11) is -0.0185. The van der Waals surface area contributed by atoms with E-state index in [4.69, 9.17) is 4.74 Å². The highest BCUT2D eigenvalue weighted by Crippen LogP contribution is 2.21. The van der Waals surface area contributed by atoms with Crippen LogP contribution in [0.2, 0.25) is 0 Å². The maximum atomic E-state index is 12.6. The smallest absolute Gasteiger partial charge is 0.218 e. The second-order valence-electron chi connectivity index (χ2n) is 5.84. The molecule has 0 saturated carbocycles. The van der Waals surface area contributed by atoms with Crippen molar-refractivity contribution in [2.75, 3.05) is 40.4 Å². The SMILES string of the molecule is COCCN(C)S(=O)(=O)C1CCCN(Cc2ccccc2)C1. The van der Waals surface area contributed by atoms with Gasteiger partial charge in [0.05, 0.1) is 11.9 Å². The zero-order chi connectivity index (χ0) is 16.0. The summed E-state index contributed by atoms with van der Waals surface area (Å²) >= 11 is 0. The van der Waals surface area contributed by atoms with E-state index >= 15 is 0 Å². The monoisotopic (exact) mass is 326 g/mol. The van der Waals surface area contributed by atoms with Crippen molar-refractivity contribution in [2.24, 2.45) is 0 Å². The van der Waals surface area contributed by atoms with Crippen molar-refractivity contribution in [1.29, 1.82) is 0 Å². The molecule has 1 aliphatic rings. The van der Waals surface area contributed by atoms with E-state index in [0.717, 1.165) is 25.9 Å². The molecule has 1 unspecified atom stereocenters. The first-order valence-corrected chi connectivity index (χ1v) is 9.24. The molecule has 0 aliphatic carbocycles. The van der Waals surface area contributed by atoms with Crippen molar-refractivity contribution < 1.29 is 13.2 Å². The molecular formula is C16H26N2O3S. The molecule has 0 radical (unpaired) electrons. The Morgan fingerprint density at radius 3 is 2.73 bits per heavy atom. The summed E-state index contributed by atoms with van der Waals surface area (Å²) in [4.78, 5) is 2.24. The highest BCUT2D eigenvalue weighted by Gasteiger charge is 2.33. The highest BCUT2D eigenvalue weighted by atomic mass is 32.2. The number of likely N-dealkylation sites (tertiary alicyclic amines) is 1. The van der Waals surface area contributed by atoms with Gasteiger partial charge in [-0.3, -0.25) is 4.90 Å². The van der Waals surface area contributed by atoms with Crippen LogP contribution in [0.25, 0.3) is 0 Å². The lowest BCUT2D eigenvalue weighted by Crippen LogP contribution is -2.47. The van der Waals surface area contributed by atoms with Gasteiger partial charge < -0.3 is 4.74 Å². The van der Waals surface area contributed by atoms with Gasteiger partial charge in [-0.25, -0.2) is 12.7 Å². The van der Waals surface area contributed by atoms with Gasteiger partial charge in [-0.1, -0.05) is 30.3 Å². The predicted octanol–water partition coefficient (Wildman–Crippen LogP) is 1.56. The molecule has 1 atom stereocenters. The molecule has 1 fully saturated rings. The van der Waals surface area contributed by atoms with Crippen molar-refractivity contribution in [3.63, 3.8) is 0 Å². The Hall–Kier alpha value is -0.950. The average Bonchev–Trinajstić information content (AvgIpc) is 2.53. The van der Waals surface area contributed by atoms with Gasteiger partial charge >= 0.3 is 0 Å². The topological polar surface area (TPSA) is 49.9 Å². The van der Waals surface area contributed by atoms with Gasteiger partial charge in [0, 0.05) is 33.8 Å². The minimum Gasteiger partial charge on any atom is -0.383 e. The molecule has 1 aromatic carbocycles. The number of likely N-dealkylation sites (N-methyl/N-ethyl adjacent to an activating group) is 1. The minimum absolute atomic E-state index is 0.313. The Bertz CT molecular complexity index is 548. The van der Waals surface area contributed by atoms with E-state index < -0.39 is 10.0 Å². The van der Waals surface area contributed by atoms with Crippen LogP contribution in [0.1, 0.15) is 18.4 Å². The van der Waals surface area contributed by atoms with Crippen LogP contribution in [0.4, 0.5) is 0 Å². The lowest BCUT2D eigenvalue weighted by Gasteiger charge is -2.34. The Labute approximate surface area is 133 Å². The zero-order valence-corrected chi connectivity index (χ0v) is 14.3. The van der Waals surface area contributed by atoms with E-state index in [9.17, 15) is 8.42 Å². The lowest BCUT2D eigenvalue weighted by atomic mass is 10.1. The summed E-state index contributed by atoms with van der Waals surface area (Å²) in [6.45, 7) is 3.22. The maximum Gasteiger partial charge on any atom is 0.218 e. The third kappa shape index (κ3) is 4.52. The van der Waals surface area contributed by atoms with E-state index in [2.05, 4.69) is 17.0 Å². The number of methoxy groups -OCH3 is 1. The molecule has 1 aromatic rings. The number of ether oxygens (including phenoxy) is 1. The second-order valence-corrected chi connectivity index (χ2v) is 8.16. The van der Waals surface area contributed by atoms with E-state index in [1.807, 2.05) is 18.2 Å². The Morgan fingerprint density at radius 2 is 2.05 bits per heavy atom. The van der Waals surface area contributed by atoms with E-state index in [-0.39, 0.29) is 5.25 Å². The molecule has 1 aliphatic heterocycles. The minimum atomic E-state index is -3.25. The van der Waals surface area contributed by atoms with Crippen molar-refractivity contribution in [2.45, 2.75) is 24.6 Å². The number of rotatable bonds is 7. The molecule has 2 rings (SSSR count). The van der Waals surface area contributed by atoms with E-state index in [1.165, 1.54) is 9.87 Å². The van der Waals surface area contributed by atoms with Crippen molar-refractivity contribution in [3.05, 3.63) is 35.9 Å². The molecule has 0 aromatic heterocycles. The molecule has 6 heteroatoms. The van der Waals surface area contributed by atoms with Crippen LogP contribution in [-0.2, 0) is 21.3 Å². The van der Waals surface area contributed by atoms with Gasteiger partial charge in [-0.2, -0.15) is 0 Å². The first kappa shape index (κ1) is 17.4. The third-order valence-corrected chi connectivity index (χ3v) is 6.46. The number of sulfonamides is 1. The van der Waals surface area contributed by atoms with Crippen LogP contribution in [-0.4, -0.2) is 63.3 Å². The van der Waals surface area contributed by atoms with Crippen LogP contribution >= 0.6 is 0 Å². The second kappa shape index (κ2) is 8.06. The predicted molar refractivity (Wildman–Crippen MR) is 88.2 cm³/mol. The lowest BCUT2D eigenvalue weighted by molar-refractivity contribution is 0.182. The van der Waals surface area contributed by atoms with Gasteiger partial charge in [0.15, 0.2) is 0 Å². The maximum absolute atomic E-state index is 12.6. The van der Waals surface area contributed by atoms with Crippen LogP contribution in [0.15, 0.2) is 30.3 Å². The van der Waals surface area contributed by atoms with Crippen LogP contribution in [0, 0.1) is 0 Å². The third-order valence-electron chi connectivity index (χ3n) is 4.18. The summed E-state index contributed by atoms with van der Waals surface area (Å²) in [6, 6.07) is 10.2. The van der Waals surface area contributed by atoms with Crippen molar-refractivity contribution >= 4 is 10.0 Å². The summed E-state index contributed by atoms with van der Waals surface area (Å²) in [5.74, 6) is 0. The largest absolute Gasteiger partial charge is 0.383 e. The van der Waals surface area contributed by atoms with Crippen LogP contribution in [0.3, 0.4) is 0 Å². The number of benzene rings is 1. The normalized spacial score (nSPS) is 20.4. The fraction of sp³-hybridized carbons (Fsp3) is 0.625. The first-order chi connectivity index (χ1) is 10.5. The van der Waals surface area contributed by atoms with Gasteiger partial charge in [-0.05, 0) is 24.9 Å². The average molecular weight is 326 g/mol. The molecule has 124 valence electrons. The molecule has 22 heavy (non-hydrogen) atoms. The molecule has 0 spiro atoms. The first-order valence-electron chi connectivity index (χ1n) is 7.74. The quantitative estimate of drug-likeness (QED) is 0.763. The summed E-state index contributed by atoms with van der Waals surface area (Å²) in [5, 5.41) is -0.313. The molecule has 1 saturated heterocycles.